The van der Waals surface area contributed by atoms with Gasteiger partial charge in [-0.25, -0.2) is 4.98 Å². The molecule has 2 aliphatic rings. The lowest BCUT2D eigenvalue weighted by Crippen LogP contribution is -2.32. The van der Waals surface area contributed by atoms with Crippen molar-refractivity contribution in [3.63, 3.8) is 0 Å². The molecule has 0 radical (unpaired) electrons. The summed E-state index contributed by atoms with van der Waals surface area (Å²) in [6, 6.07) is 79.4. The van der Waals surface area contributed by atoms with Crippen LogP contribution in [0.15, 0.2) is 218 Å². The van der Waals surface area contributed by atoms with Gasteiger partial charge in [0.05, 0.1) is 16.6 Å². The van der Waals surface area contributed by atoms with Crippen LogP contribution in [-0.4, -0.2) is 4.98 Å². The first-order chi connectivity index (χ1) is 29.3. The molecule has 12 rings (SSSR count). The summed E-state index contributed by atoms with van der Waals surface area (Å²) in [5, 5.41) is 7.57. The topological polar surface area (TPSA) is 22.1 Å². The molecule has 1 aliphatic heterocycles. The lowest BCUT2D eigenvalue weighted by Gasteiger charge is -2.39. The first kappa shape index (κ1) is 34.0. The second kappa shape index (κ2) is 13.5. The molecule has 3 heteroatoms. The third-order valence-corrected chi connectivity index (χ3v) is 14.7. The lowest BCUT2D eigenvalue weighted by atomic mass is 9.66. The Balaban J connectivity index is 1.05. The number of rotatable bonds is 5. The summed E-state index contributed by atoms with van der Waals surface area (Å²) < 4.78 is 6.63. The third kappa shape index (κ3) is 5.13. The second-order valence-electron chi connectivity index (χ2n) is 15.4. The van der Waals surface area contributed by atoms with Crippen LogP contribution in [-0.2, 0) is 5.41 Å². The highest BCUT2D eigenvalue weighted by molar-refractivity contribution is 7.79. The Bertz CT molecular complexity index is 3160. The molecule has 10 aromatic rings. The van der Waals surface area contributed by atoms with Crippen molar-refractivity contribution in [2.75, 3.05) is 0 Å². The van der Waals surface area contributed by atoms with Crippen LogP contribution < -0.4 is 20.7 Å². The number of fused-ring (bicyclic) bond motifs is 13. The van der Waals surface area contributed by atoms with Gasteiger partial charge in [-0.2, -0.15) is 0 Å². The highest BCUT2D eigenvalue weighted by Crippen LogP contribution is 2.63. The van der Waals surface area contributed by atoms with E-state index in [1.165, 1.54) is 65.8 Å². The van der Waals surface area contributed by atoms with Crippen molar-refractivity contribution in [1.29, 1.82) is 0 Å². The van der Waals surface area contributed by atoms with Crippen molar-refractivity contribution in [1.82, 2.24) is 4.98 Å². The predicted molar refractivity (Wildman–Crippen MR) is 246 cm³/mol. The maximum atomic E-state index is 6.63. The van der Waals surface area contributed by atoms with E-state index in [1.807, 2.05) is 0 Å². The van der Waals surface area contributed by atoms with Crippen molar-refractivity contribution >= 4 is 45.5 Å². The molecule has 276 valence electrons. The quantitative estimate of drug-likeness (QED) is 0.128. The van der Waals surface area contributed by atoms with Crippen LogP contribution in [0.3, 0.4) is 0 Å². The van der Waals surface area contributed by atoms with Gasteiger partial charge in [0.1, 0.15) is 11.5 Å². The molecule has 0 saturated carbocycles. The normalized spacial score (nSPS) is 13.2. The van der Waals surface area contributed by atoms with E-state index in [2.05, 4.69) is 218 Å². The summed E-state index contributed by atoms with van der Waals surface area (Å²) in [4.78, 5) is 5.45. The van der Waals surface area contributed by atoms with Crippen LogP contribution in [0.1, 0.15) is 22.3 Å². The number of ether oxygens (including phenoxy) is 1. The summed E-state index contributed by atoms with van der Waals surface area (Å²) >= 11 is 0. The van der Waals surface area contributed by atoms with Crippen molar-refractivity contribution in [3.05, 3.63) is 241 Å². The van der Waals surface area contributed by atoms with Gasteiger partial charge in [0.25, 0.3) is 0 Å². The van der Waals surface area contributed by atoms with Gasteiger partial charge in [-0.15, -0.1) is 0 Å². The molecule has 0 unspecified atom stereocenters. The summed E-state index contributed by atoms with van der Waals surface area (Å²) in [5.41, 5.74) is 12.3. The number of aromatic nitrogens is 1. The predicted octanol–water partition coefficient (Wildman–Crippen LogP) is 12.9. The molecular formula is C56H36NOP. The summed E-state index contributed by atoms with van der Waals surface area (Å²) in [6.07, 6.45) is 0. The van der Waals surface area contributed by atoms with Gasteiger partial charge in [-0.05, 0) is 81.5 Å². The molecule has 1 spiro atoms. The highest BCUT2D eigenvalue weighted by atomic mass is 31.1. The minimum atomic E-state index is -0.680. The van der Waals surface area contributed by atoms with Gasteiger partial charge in [0.2, 0.25) is 0 Å². The molecule has 2 nitrogen and oxygen atoms in total. The fraction of sp³-hybridized carbons (Fsp3) is 0.0179. The maximum Gasteiger partial charge on any atom is 0.132 e. The van der Waals surface area contributed by atoms with E-state index in [0.29, 0.717) is 0 Å². The van der Waals surface area contributed by atoms with Crippen LogP contribution in [0, 0.1) is 0 Å². The Hall–Kier alpha value is -7.12. The number of pyridine rings is 1. The van der Waals surface area contributed by atoms with Gasteiger partial charge in [0.15, 0.2) is 0 Å². The Morgan fingerprint density at radius 3 is 1.68 bits per heavy atom. The zero-order valence-electron chi connectivity index (χ0n) is 32.1. The van der Waals surface area contributed by atoms with E-state index in [9.17, 15) is 0 Å². The fourth-order valence-electron chi connectivity index (χ4n) is 9.85. The minimum absolute atomic E-state index is 0.538. The van der Waals surface area contributed by atoms with E-state index >= 15 is 0 Å². The number of hydrogen-bond acceptors (Lipinski definition) is 2. The molecule has 0 fully saturated rings. The third-order valence-electron chi connectivity index (χ3n) is 12.3. The molecule has 0 atom stereocenters. The fourth-order valence-corrected chi connectivity index (χ4v) is 12.1. The largest absolute Gasteiger partial charge is 0.457 e. The van der Waals surface area contributed by atoms with Gasteiger partial charge < -0.3 is 4.74 Å². The Morgan fingerprint density at radius 1 is 0.390 bits per heavy atom. The van der Waals surface area contributed by atoms with Crippen LogP contribution in [0.5, 0.6) is 11.5 Å². The van der Waals surface area contributed by atoms with Gasteiger partial charge in [0, 0.05) is 32.8 Å². The zero-order chi connectivity index (χ0) is 38.9. The van der Waals surface area contributed by atoms with E-state index in [4.69, 9.17) is 9.72 Å². The van der Waals surface area contributed by atoms with Crippen LogP contribution in [0.4, 0.5) is 0 Å². The number of para-hydroxylation sites is 3. The number of hydrogen-bond donors (Lipinski definition) is 0. The van der Waals surface area contributed by atoms with Crippen LogP contribution >= 0.6 is 7.92 Å². The molecule has 0 saturated heterocycles. The maximum absolute atomic E-state index is 6.63. The standard InChI is InChI=1S/C56H36NOP/c1-3-18-40(19-4-1)59(41-20-5-2-6-21-41)42-32-30-37(31-33-42)38-16-15-17-39(36-38)55-45-34-35-49-54(53(45)44-23-8-12-27-50(44)57-55)43-22-7-9-24-46(43)56(49)47-25-10-13-28-51(47)58-52-29-14-11-26-48(52)56/h1-36H. The van der Waals surface area contributed by atoms with E-state index in [1.54, 1.807) is 0 Å². The SMILES string of the molecule is c1ccc(P(c2ccccc2)c2ccc(-c3cccc(-c4nc5ccccc5c5c6c(ccc45)C4(c5ccccc5Oc5ccccc54)c4ccccc4-6)c3)cc2)cc1. The molecular weight excluding hydrogens is 734 g/mol. The molecule has 9 aromatic carbocycles. The number of nitrogens with zero attached hydrogens (tertiary/aromatic N) is 1. The monoisotopic (exact) mass is 769 g/mol. The van der Waals surface area contributed by atoms with Crippen LogP contribution in [0.25, 0.3) is 55.2 Å². The minimum Gasteiger partial charge on any atom is -0.457 e. The molecule has 0 amide bonds. The molecule has 59 heavy (non-hydrogen) atoms. The van der Waals surface area contributed by atoms with Crippen molar-refractivity contribution < 1.29 is 4.74 Å². The Kier molecular flexibility index (Phi) is 7.77. The van der Waals surface area contributed by atoms with E-state index in [-0.39, 0.29) is 0 Å². The molecule has 1 aromatic heterocycles. The van der Waals surface area contributed by atoms with E-state index < -0.39 is 13.3 Å². The lowest BCUT2D eigenvalue weighted by molar-refractivity contribution is 0.436. The average Bonchev–Trinajstić information content (AvgIpc) is 3.60. The van der Waals surface area contributed by atoms with Crippen molar-refractivity contribution in [3.8, 4) is 45.0 Å². The van der Waals surface area contributed by atoms with Crippen LogP contribution in [0.2, 0.25) is 0 Å². The van der Waals surface area contributed by atoms with Crippen molar-refractivity contribution in [2.45, 2.75) is 5.41 Å². The summed E-state index contributed by atoms with van der Waals surface area (Å²) in [5.74, 6) is 1.80. The van der Waals surface area contributed by atoms with Gasteiger partial charge in [-0.3, -0.25) is 0 Å². The van der Waals surface area contributed by atoms with Gasteiger partial charge >= 0.3 is 0 Å². The summed E-state index contributed by atoms with van der Waals surface area (Å²) in [7, 11) is -0.680. The first-order valence-electron chi connectivity index (χ1n) is 20.2. The summed E-state index contributed by atoms with van der Waals surface area (Å²) in [6.45, 7) is 0. The molecule has 1 aliphatic carbocycles. The Labute approximate surface area is 344 Å². The Morgan fingerprint density at radius 2 is 0.966 bits per heavy atom. The van der Waals surface area contributed by atoms with E-state index in [0.717, 1.165) is 39.0 Å². The van der Waals surface area contributed by atoms with Crippen molar-refractivity contribution in [2.24, 2.45) is 0 Å². The number of benzene rings is 9. The highest BCUT2D eigenvalue weighted by Gasteiger charge is 2.51. The first-order valence-corrected chi connectivity index (χ1v) is 21.6. The molecule has 0 bridgehead atoms. The van der Waals surface area contributed by atoms with Gasteiger partial charge in [-0.1, -0.05) is 194 Å². The zero-order valence-corrected chi connectivity index (χ0v) is 33.0. The molecule has 2 heterocycles. The molecule has 0 N–H and O–H groups in total. The average molecular weight is 770 g/mol. The second-order valence-corrected chi connectivity index (χ2v) is 17.6. The smallest absolute Gasteiger partial charge is 0.132 e.